The van der Waals surface area contributed by atoms with Crippen molar-refractivity contribution in [1.29, 1.82) is 0 Å². The number of benzene rings is 1. The third-order valence-electron chi connectivity index (χ3n) is 3.02. The molecule has 86 valence electrons. The molecule has 0 saturated carbocycles. The predicted octanol–water partition coefficient (Wildman–Crippen LogP) is 3.38. The Hall–Kier alpha value is -1.31. The van der Waals surface area contributed by atoms with Gasteiger partial charge in [-0.25, -0.2) is 0 Å². The van der Waals surface area contributed by atoms with Gasteiger partial charge in [-0.2, -0.15) is 0 Å². The molecule has 0 heterocycles. The van der Waals surface area contributed by atoms with Crippen LogP contribution in [0, 0.1) is 0 Å². The van der Waals surface area contributed by atoms with E-state index in [-0.39, 0.29) is 5.78 Å². The molecule has 2 nitrogen and oxygen atoms in total. The number of aryl methyl sites for hydroxylation is 1. The number of ketones is 1. The second kappa shape index (κ2) is 5.15. The van der Waals surface area contributed by atoms with Crippen molar-refractivity contribution in [3.05, 3.63) is 29.3 Å². The van der Waals surface area contributed by atoms with Gasteiger partial charge in [-0.05, 0) is 30.5 Å². The Morgan fingerprint density at radius 1 is 1.25 bits per heavy atom. The zero-order valence-corrected chi connectivity index (χ0v) is 9.79. The average molecular weight is 218 g/mol. The van der Waals surface area contributed by atoms with Crippen LogP contribution in [0.3, 0.4) is 0 Å². The minimum atomic E-state index is 0.258. The second-order valence-electron chi connectivity index (χ2n) is 4.30. The van der Waals surface area contributed by atoms with E-state index in [4.69, 9.17) is 4.74 Å². The van der Waals surface area contributed by atoms with Crippen molar-refractivity contribution in [2.75, 3.05) is 6.61 Å². The smallest absolute Gasteiger partial charge is 0.163 e. The van der Waals surface area contributed by atoms with E-state index < -0.39 is 0 Å². The first kappa shape index (κ1) is 11.2. The van der Waals surface area contributed by atoms with Gasteiger partial charge in [-0.15, -0.1) is 0 Å². The molecule has 1 aromatic carbocycles. The van der Waals surface area contributed by atoms with Crippen molar-refractivity contribution in [2.24, 2.45) is 0 Å². The van der Waals surface area contributed by atoms with E-state index in [1.807, 2.05) is 18.2 Å². The number of rotatable bonds is 5. The van der Waals surface area contributed by atoms with Crippen molar-refractivity contribution >= 4 is 5.78 Å². The van der Waals surface area contributed by atoms with Crippen molar-refractivity contribution in [3.63, 3.8) is 0 Å². The molecule has 0 aromatic heterocycles. The molecule has 1 aromatic rings. The largest absolute Gasteiger partial charge is 0.494 e. The van der Waals surface area contributed by atoms with E-state index in [9.17, 15) is 4.79 Å². The number of ether oxygens (including phenoxy) is 1. The van der Waals surface area contributed by atoms with Gasteiger partial charge in [0.05, 0.1) is 6.61 Å². The Balaban J connectivity index is 1.96. The van der Waals surface area contributed by atoms with E-state index in [0.29, 0.717) is 6.42 Å². The summed E-state index contributed by atoms with van der Waals surface area (Å²) in [7, 11) is 0. The molecular weight excluding hydrogens is 200 g/mol. The molecule has 2 rings (SSSR count). The fourth-order valence-corrected chi connectivity index (χ4v) is 2.05. The minimum absolute atomic E-state index is 0.258. The maximum Gasteiger partial charge on any atom is 0.163 e. The minimum Gasteiger partial charge on any atom is -0.494 e. The van der Waals surface area contributed by atoms with Crippen LogP contribution in [0.15, 0.2) is 18.2 Å². The summed E-state index contributed by atoms with van der Waals surface area (Å²) in [5, 5.41) is 0. The summed E-state index contributed by atoms with van der Waals surface area (Å²) < 4.78 is 5.63. The van der Waals surface area contributed by atoms with Crippen LogP contribution >= 0.6 is 0 Å². The summed E-state index contributed by atoms with van der Waals surface area (Å²) in [6, 6.07) is 5.90. The van der Waals surface area contributed by atoms with Crippen LogP contribution in [0.4, 0.5) is 0 Å². The third kappa shape index (κ3) is 2.43. The van der Waals surface area contributed by atoms with Gasteiger partial charge >= 0.3 is 0 Å². The summed E-state index contributed by atoms with van der Waals surface area (Å²) in [6.45, 7) is 2.93. The van der Waals surface area contributed by atoms with Gasteiger partial charge in [0.25, 0.3) is 0 Å². The highest BCUT2D eigenvalue weighted by Crippen LogP contribution is 2.26. The Bertz CT molecular complexity index is 382. The van der Waals surface area contributed by atoms with E-state index >= 15 is 0 Å². The molecule has 1 aliphatic rings. The number of hydrogen-bond acceptors (Lipinski definition) is 2. The number of unbranched alkanes of at least 4 members (excludes halogenated alkanes) is 2. The lowest BCUT2D eigenvalue weighted by Gasteiger charge is -2.07. The number of hydrogen-bond donors (Lipinski definition) is 0. The lowest BCUT2D eigenvalue weighted by atomic mass is 10.1. The maximum atomic E-state index is 11.5. The van der Waals surface area contributed by atoms with Crippen molar-refractivity contribution in [2.45, 2.75) is 39.0 Å². The molecule has 0 bridgehead atoms. The topological polar surface area (TPSA) is 26.3 Å². The van der Waals surface area contributed by atoms with Crippen LogP contribution < -0.4 is 4.74 Å². The van der Waals surface area contributed by atoms with E-state index in [0.717, 1.165) is 30.8 Å². The molecule has 0 unspecified atom stereocenters. The Morgan fingerprint density at radius 2 is 2.12 bits per heavy atom. The van der Waals surface area contributed by atoms with Crippen molar-refractivity contribution in [3.8, 4) is 5.75 Å². The van der Waals surface area contributed by atoms with Gasteiger partial charge in [0.1, 0.15) is 5.75 Å². The molecule has 0 fully saturated rings. The molecule has 0 amide bonds. The summed E-state index contributed by atoms with van der Waals surface area (Å²) in [5.41, 5.74) is 2.04. The number of carbonyl (C=O) groups is 1. The van der Waals surface area contributed by atoms with E-state index in [2.05, 4.69) is 6.92 Å². The summed E-state index contributed by atoms with van der Waals surface area (Å²) in [5.74, 6) is 1.10. The Labute approximate surface area is 96.6 Å². The number of Topliss-reactive ketones (excluding diaryl/α,β-unsaturated/α-hetero) is 1. The molecule has 0 aliphatic heterocycles. The van der Waals surface area contributed by atoms with Crippen LogP contribution in [-0.2, 0) is 6.42 Å². The lowest BCUT2D eigenvalue weighted by molar-refractivity contribution is 0.0994. The van der Waals surface area contributed by atoms with E-state index in [1.54, 1.807) is 0 Å². The van der Waals surface area contributed by atoms with Crippen LogP contribution in [0.2, 0.25) is 0 Å². The summed E-state index contributed by atoms with van der Waals surface area (Å²) in [6.07, 6.45) is 5.04. The van der Waals surface area contributed by atoms with Gasteiger partial charge < -0.3 is 4.74 Å². The first-order valence-electron chi connectivity index (χ1n) is 6.10. The summed E-state index contributed by atoms with van der Waals surface area (Å²) in [4.78, 5) is 11.5. The standard InChI is InChI=1S/C14H18O2/c1-2-3-4-9-16-12-7-5-11-6-8-14(15)13(11)10-12/h5,7,10H,2-4,6,8-9H2,1H3. The van der Waals surface area contributed by atoms with Crippen molar-refractivity contribution in [1.82, 2.24) is 0 Å². The van der Waals surface area contributed by atoms with Crippen molar-refractivity contribution < 1.29 is 9.53 Å². The SMILES string of the molecule is CCCCCOc1ccc2c(c1)C(=O)CC2. The third-order valence-corrected chi connectivity index (χ3v) is 3.02. The number of fused-ring (bicyclic) bond motifs is 1. The molecule has 2 heteroatoms. The first-order chi connectivity index (χ1) is 7.81. The molecular formula is C14H18O2. The van der Waals surface area contributed by atoms with Gasteiger partial charge in [-0.3, -0.25) is 4.79 Å². The Kier molecular flexibility index (Phi) is 3.60. The van der Waals surface area contributed by atoms with Crippen LogP contribution in [0.5, 0.6) is 5.75 Å². The van der Waals surface area contributed by atoms with Gasteiger partial charge in [0, 0.05) is 12.0 Å². The van der Waals surface area contributed by atoms with Gasteiger partial charge in [-0.1, -0.05) is 25.8 Å². The quantitative estimate of drug-likeness (QED) is 0.708. The number of carbonyl (C=O) groups excluding carboxylic acids is 1. The fourth-order valence-electron chi connectivity index (χ4n) is 2.05. The molecule has 0 atom stereocenters. The molecule has 0 radical (unpaired) electrons. The highest BCUT2D eigenvalue weighted by atomic mass is 16.5. The monoisotopic (exact) mass is 218 g/mol. The zero-order chi connectivity index (χ0) is 11.4. The average Bonchev–Trinajstić information content (AvgIpc) is 2.67. The highest BCUT2D eigenvalue weighted by Gasteiger charge is 2.19. The molecule has 0 spiro atoms. The molecule has 0 saturated heterocycles. The molecule has 0 N–H and O–H groups in total. The zero-order valence-electron chi connectivity index (χ0n) is 9.79. The maximum absolute atomic E-state index is 11.5. The fraction of sp³-hybridized carbons (Fsp3) is 0.500. The van der Waals surface area contributed by atoms with Gasteiger partial charge in [0.2, 0.25) is 0 Å². The van der Waals surface area contributed by atoms with Crippen LogP contribution in [-0.4, -0.2) is 12.4 Å². The first-order valence-corrected chi connectivity index (χ1v) is 6.10. The normalized spacial score (nSPS) is 13.9. The second-order valence-corrected chi connectivity index (χ2v) is 4.30. The Morgan fingerprint density at radius 3 is 2.94 bits per heavy atom. The molecule has 1 aliphatic carbocycles. The van der Waals surface area contributed by atoms with Crippen LogP contribution in [0.25, 0.3) is 0 Å². The lowest BCUT2D eigenvalue weighted by Crippen LogP contribution is -1.99. The molecule has 16 heavy (non-hydrogen) atoms. The van der Waals surface area contributed by atoms with E-state index in [1.165, 1.54) is 18.4 Å². The van der Waals surface area contributed by atoms with Crippen LogP contribution in [0.1, 0.15) is 48.5 Å². The summed E-state index contributed by atoms with van der Waals surface area (Å²) >= 11 is 0. The predicted molar refractivity (Wildman–Crippen MR) is 64.1 cm³/mol. The van der Waals surface area contributed by atoms with Gasteiger partial charge in [0.15, 0.2) is 5.78 Å². The highest BCUT2D eigenvalue weighted by molar-refractivity contribution is 6.00.